The molecule has 94 valence electrons. The first kappa shape index (κ1) is 13.3. The van der Waals surface area contributed by atoms with Crippen molar-refractivity contribution in [2.24, 2.45) is 5.73 Å². The molecule has 0 spiro atoms. The Bertz CT molecular complexity index is 529. The van der Waals surface area contributed by atoms with Gasteiger partial charge in [-0.2, -0.15) is 0 Å². The molecule has 0 saturated carbocycles. The summed E-state index contributed by atoms with van der Waals surface area (Å²) in [5, 5.41) is 1.40. The highest BCUT2D eigenvalue weighted by atomic mass is 35.5. The molecule has 0 fully saturated rings. The summed E-state index contributed by atoms with van der Waals surface area (Å²) < 4.78 is 0. The molecule has 2 rings (SSSR count). The summed E-state index contributed by atoms with van der Waals surface area (Å²) in [7, 11) is 0. The van der Waals surface area contributed by atoms with Crippen LogP contribution in [0.3, 0.4) is 0 Å². The molecule has 1 atom stereocenters. The predicted octanol–water partition coefficient (Wildman–Crippen LogP) is 3.50. The Morgan fingerprint density at radius 3 is 2.72 bits per heavy atom. The normalized spacial score (nSPS) is 12.4. The van der Waals surface area contributed by atoms with Crippen LogP contribution in [0.4, 0.5) is 0 Å². The molecule has 4 heteroatoms. The van der Waals surface area contributed by atoms with Crippen molar-refractivity contribution in [3.05, 3.63) is 63.9 Å². The number of hydrogen-bond donors (Lipinski definition) is 1. The zero-order chi connectivity index (χ0) is 13.0. The van der Waals surface area contributed by atoms with E-state index in [0.29, 0.717) is 5.02 Å². The van der Waals surface area contributed by atoms with Crippen LogP contribution in [0.5, 0.6) is 0 Å². The average Bonchev–Trinajstić information content (AvgIpc) is 2.32. The monoisotopic (exact) mass is 280 g/mol. The number of nitrogens with two attached hydrogens (primary N) is 1. The summed E-state index contributed by atoms with van der Waals surface area (Å²) in [5.41, 5.74) is 8.30. The largest absolute Gasteiger partial charge is 0.327 e. The number of benzene rings is 1. The van der Waals surface area contributed by atoms with E-state index in [1.54, 1.807) is 12.4 Å². The van der Waals surface area contributed by atoms with Gasteiger partial charge >= 0.3 is 0 Å². The number of rotatable bonds is 4. The standard InChI is InChI=1S/C14H14Cl2N2/c15-12-3-1-2-10(6-12)7-13(17)8-11-4-5-18-9-14(11)16/h1-6,9,13H,7-8,17H2. The van der Waals surface area contributed by atoms with Crippen LogP contribution in [-0.2, 0) is 12.8 Å². The second-order valence-electron chi connectivity index (χ2n) is 4.27. The summed E-state index contributed by atoms with van der Waals surface area (Å²) in [4.78, 5) is 3.96. The molecule has 1 heterocycles. The SMILES string of the molecule is NC(Cc1cccc(Cl)c1)Cc1ccncc1Cl. The Labute approximate surface area is 117 Å². The van der Waals surface area contributed by atoms with Gasteiger partial charge in [-0.05, 0) is 42.2 Å². The fourth-order valence-electron chi connectivity index (χ4n) is 1.89. The minimum atomic E-state index is 0.0170. The first-order valence-corrected chi connectivity index (χ1v) is 6.49. The van der Waals surface area contributed by atoms with Crippen LogP contribution in [0.1, 0.15) is 11.1 Å². The smallest absolute Gasteiger partial charge is 0.0621 e. The number of pyridine rings is 1. The topological polar surface area (TPSA) is 38.9 Å². The number of halogens is 2. The molecule has 18 heavy (non-hydrogen) atoms. The quantitative estimate of drug-likeness (QED) is 0.931. The van der Waals surface area contributed by atoms with E-state index in [4.69, 9.17) is 28.9 Å². The van der Waals surface area contributed by atoms with Crippen molar-refractivity contribution in [1.29, 1.82) is 0 Å². The molecular formula is C14H14Cl2N2. The van der Waals surface area contributed by atoms with Crippen LogP contribution in [0.25, 0.3) is 0 Å². The van der Waals surface area contributed by atoms with Gasteiger partial charge in [-0.15, -0.1) is 0 Å². The molecule has 0 bridgehead atoms. The van der Waals surface area contributed by atoms with E-state index in [-0.39, 0.29) is 6.04 Å². The van der Waals surface area contributed by atoms with Crippen molar-refractivity contribution in [2.75, 3.05) is 0 Å². The lowest BCUT2D eigenvalue weighted by Gasteiger charge is -2.12. The molecule has 2 aromatic rings. The predicted molar refractivity (Wildman–Crippen MR) is 76.1 cm³/mol. The summed E-state index contributed by atoms with van der Waals surface area (Å²) in [6, 6.07) is 9.68. The fourth-order valence-corrected chi connectivity index (χ4v) is 2.30. The van der Waals surface area contributed by atoms with Crippen molar-refractivity contribution >= 4 is 23.2 Å². The maximum atomic E-state index is 6.13. The molecule has 2 N–H and O–H groups in total. The lowest BCUT2D eigenvalue weighted by molar-refractivity contribution is 0.664. The van der Waals surface area contributed by atoms with Crippen LogP contribution in [-0.4, -0.2) is 11.0 Å². The van der Waals surface area contributed by atoms with Gasteiger partial charge in [0.2, 0.25) is 0 Å². The average molecular weight is 281 g/mol. The second kappa shape index (κ2) is 6.19. The summed E-state index contributed by atoms with van der Waals surface area (Å²) in [5.74, 6) is 0. The maximum absolute atomic E-state index is 6.13. The van der Waals surface area contributed by atoms with Crippen molar-refractivity contribution in [1.82, 2.24) is 4.98 Å². The number of nitrogens with zero attached hydrogens (tertiary/aromatic N) is 1. The third kappa shape index (κ3) is 3.70. The minimum absolute atomic E-state index is 0.0170. The van der Waals surface area contributed by atoms with E-state index in [1.807, 2.05) is 30.3 Å². The van der Waals surface area contributed by atoms with Crippen LogP contribution in [0.2, 0.25) is 10.0 Å². The molecule has 1 aromatic carbocycles. The van der Waals surface area contributed by atoms with Crippen LogP contribution in [0, 0.1) is 0 Å². The zero-order valence-electron chi connectivity index (χ0n) is 9.81. The molecule has 2 nitrogen and oxygen atoms in total. The summed E-state index contributed by atoms with van der Waals surface area (Å²) >= 11 is 12.0. The highest BCUT2D eigenvalue weighted by Gasteiger charge is 2.08. The summed E-state index contributed by atoms with van der Waals surface area (Å²) in [6.45, 7) is 0. The van der Waals surface area contributed by atoms with Gasteiger partial charge in [-0.3, -0.25) is 4.98 Å². The maximum Gasteiger partial charge on any atom is 0.0621 e. The zero-order valence-corrected chi connectivity index (χ0v) is 11.3. The second-order valence-corrected chi connectivity index (χ2v) is 5.11. The van der Waals surface area contributed by atoms with Gasteiger partial charge < -0.3 is 5.73 Å². The highest BCUT2D eigenvalue weighted by Crippen LogP contribution is 2.17. The van der Waals surface area contributed by atoms with Gasteiger partial charge in [0.05, 0.1) is 5.02 Å². The summed E-state index contributed by atoms with van der Waals surface area (Å²) in [6.07, 6.45) is 4.88. The first-order valence-electron chi connectivity index (χ1n) is 5.73. The van der Waals surface area contributed by atoms with E-state index < -0.39 is 0 Å². The molecular weight excluding hydrogens is 267 g/mol. The molecule has 0 saturated heterocycles. The van der Waals surface area contributed by atoms with E-state index in [1.165, 1.54) is 0 Å². The van der Waals surface area contributed by atoms with Crippen molar-refractivity contribution in [2.45, 2.75) is 18.9 Å². The molecule has 1 aromatic heterocycles. The highest BCUT2D eigenvalue weighted by molar-refractivity contribution is 6.31. The van der Waals surface area contributed by atoms with E-state index in [0.717, 1.165) is 29.0 Å². The van der Waals surface area contributed by atoms with Gasteiger partial charge in [0.1, 0.15) is 0 Å². The Balaban J connectivity index is 2.01. The fraction of sp³-hybridized carbons (Fsp3) is 0.214. The molecule has 0 aliphatic heterocycles. The lowest BCUT2D eigenvalue weighted by Crippen LogP contribution is -2.25. The molecule has 0 aliphatic rings. The molecule has 0 aliphatic carbocycles. The third-order valence-electron chi connectivity index (χ3n) is 2.73. The number of aromatic nitrogens is 1. The lowest BCUT2D eigenvalue weighted by atomic mass is 10.0. The molecule has 0 amide bonds. The van der Waals surface area contributed by atoms with Crippen molar-refractivity contribution in [3.8, 4) is 0 Å². The number of hydrogen-bond acceptors (Lipinski definition) is 2. The van der Waals surface area contributed by atoms with Gasteiger partial charge in [-0.1, -0.05) is 35.3 Å². The Kier molecular flexibility index (Phi) is 4.59. The van der Waals surface area contributed by atoms with Crippen LogP contribution >= 0.6 is 23.2 Å². The van der Waals surface area contributed by atoms with Gasteiger partial charge in [-0.25, -0.2) is 0 Å². The first-order chi connectivity index (χ1) is 8.65. The van der Waals surface area contributed by atoms with Gasteiger partial charge in [0, 0.05) is 23.5 Å². The van der Waals surface area contributed by atoms with Crippen molar-refractivity contribution in [3.63, 3.8) is 0 Å². The van der Waals surface area contributed by atoms with Crippen LogP contribution in [0.15, 0.2) is 42.7 Å². The van der Waals surface area contributed by atoms with Crippen LogP contribution < -0.4 is 5.73 Å². The van der Waals surface area contributed by atoms with Gasteiger partial charge in [0.15, 0.2) is 0 Å². The van der Waals surface area contributed by atoms with E-state index in [2.05, 4.69) is 4.98 Å². The van der Waals surface area contributed by atoms with Crippen molar-refractivity contribution < 1.29 is 0 Å². The minimum Gasteiger partial charge on any atom is -0.327 e. The Morgan fingerprint density at radius 2 is 2.00 bits per heavy atom. The Morgan fingerprint density at radius 1 is 1.17 bits per heavy atom. The third-order valence-corrected chi connectivity index (χ3v) is 3.30. The molecule has 0 radical (unpaired) electrons. The Hall–Kier alpha value is -1.09. The van der Waals surface area contributed by atoms with Gasteiger partial charge in [0.25, 0.3) is 0 Å². The van der Waals surface area contributed by atoms with E-state index in [9.17, 15) is 0 Å². The molecule has 1 unspecified atom stereocenters. The van der Waals surface area contributed by atoms with E-state index >= 15 is 0 Å².